The first-order chi connectivity index (χ1) is 33.7. The molecule has 3 fully saturated rings. The Morgan fingerprint density at radius 2 is 1.22 bits per heavy atom. The third-order valence-corrected chi connectivity index (χ3v) is 18.6. The van der Waals surface area contributed by atoms with Crippen molar-refractivity contribution in [3.05, 3.63) is 105 Å². The molecule has 3 aliphatic heterocycles. The van der Waals surface area contributed by atoms with Gasteiger partial charge in [-0.15, -0.1) is 0 Å². The molecule has 0 radical (unpaired) electrons. The number of aryl methyl sites for hydroxylation is 4. The molecule has 72 heavy (non-hydrogen) atoms. The van der Waals surface area contributed by atoms with Crippen LogP contribution in [0.15, 0.2) is 60.7 Å². The molecule has 13 heteroatoms. The van der Waals surface area contributed by atoms with E-state index in [0.29, 0.717) is 52.0 Å². The zero-order valence-corrected chi connectivity index (χ0v) is 53.3. The summed E-state index contributed by atoms with van der Waals surface area (Å²) < 4.78 is 42.4. The van der Waals surface area contributed by atoms with E-state index in [2.05, 4.69) is 132 Å². The number of ether oxygens (including phenoxy) is 7. The van der Waals surface area contributed by atoms with Crippen LogP contribution in [0.2, 0.25) is 51.4 Å². The minimum atomic E-state index is -1.24. The molecule has 0 amide bonds. The Balaban J connectivity index is 0.000000285. The fourth-order valence-electron chi connectivity index (χ4n) is 8.72. The van der Waals surface area contributed by atoms with E-state index in [1.165, 1.54) is 22.9 Å². The summed E-state index contributed by atoms with van der Waals surface area (Å²) in [6.07, 6.45) is 11.7. The van der Waals surface area contributed by atoms with Gasteiger partial charge in [0.15, 0.2) is 11.6 Å². The minimum absolute atomic E-state index is 0.0318. The molecule has 3 heterocycles. The molecule has 0 N–H and O–H groups in total. The van der Waals surface area contributed by atoms with Crippen molar-refractivity contribution in [2.75, 3.05) is 24.2 Å². The topological polar surface area (TPSA) is 98.8 Å². The normalized spacial score (nSPS) is 21.2. The second kappa shape index (κ2) is 30.5. The third-order valence-electron chi connectivity index (χ3n) is 12.4. The van der Waals surface area contributed by atoms with Crippen LogP contribution in [-0.4, -0.2) is 109 Å². The second-order valence-electron chi connectivity index (χ2n) is 22.8. The molecule has 0 aliphatic carbocycles. The van der Waals surface area contributed by atoms with Gasteiger partial charge in [-0.1, -0.05) is 85.9 Å². The van der Waals surface area contributed by atoms with Crippen LogP contribution < -0.4 is 4.46 Å². The maximum absolute atomic E-state index is 12.8. The van der Waals surface area contributed by atoms with Crippen molar-refractivity contribution in [2.45, 2.75) is 213 Å². The summed E-state index contributed by atoms with van der Waals surface area (Å²) in [5.41, 5.74) is 7.79. The number of benzene rings is 3. The summed E-state index contributed by atoms with van der Waals surface area (Å²) in [5.74, 6) is -1.29. The number of esters is 2. The van der Waals surface area contributed by atoms with Crippen LogP contribution in [-0.2, 0) is 38.5 Å². The average molecular weight is 1210 g/mol. The molecule has 0 saturated carbocycles. The summed E-state index contributed by atoms with van der Waals surface area (Å²) >= 11 is 2.69. The van der Waals surface area contributed by atoms with Crippen LogP contribution in [0.3, 0.4) is 0 Å². The van der Waals surface area contributed by atoms with Crippen LogP contribution in [0.4, 0.5) is 0 Å². The number of carbonyl (C=O) groups excluding carboxylic acids is 2. The van der Waals surface area contributed by atoms with Gasteiger partial charge in [0.25, 0.3) is 0 Å². The van der Waals surface area contributed by atoms with E-state index >= 15 is 0 Å². The molecule has 5 atom stereocenters. The van der Waals surface area contributed by atoms with Gasteiger partial charge in [0, 0.05) is 19.1 Å². The molecule has 1 unspecified atom stereocenters. The molecule has 0 aromatic heterocycles. The monoisotopic (exact) mass is 1210 g/mol. The first-order valence-electron chi connectivity index (χ1n) is 26.4. The molecule has 9 nitrogen and oxygen atoms in total. The number of rotatable bonds is 18. The Bertz CT molecular complexity index is 2140. The van der Waals surface area contributed by atoms with Crippen molar-refractivity contribution in [1.29, 1.82) is 0 Å². The van der Waals surface area contributed by atoms with Crippen LogP contribution in [0, 0.1) is 27.7 Å². The Labute approximate surface area is 458 Å². The van der Waals surface area contributed by atoms with Gasteiger partial charge >= 0.3 is 165 Å². The summed E-state index contributed by atoms with van der Waals surface area (Å²) in [5, 5.41) is 0.915. The van der Waals surface area contributed by atoms with Crippen LogP contribution in [0.1, 0.15) is 141 Å². The standard InChI is InChI=1S/C24H38O4Si.C21H28O2SeSi.C9H17IO2.C5H10O/c1-9-20-21(28-24(4,5)27-20)12-10-11-19-16-17(2)15-18(3)22(19)23(25)26-13-14-29(6,7)8;1-16-13-17(2)20(21(22)23-11-12-25(3,4)5)18(14-16)15-24-19-9-7-6-8-10-19;1-4-7-8(5-6-10)12-9(2,3)11-7;1-5-3-2-4-6-5/h10-11,15-16,20-21H,9,12-14H2,1-8H3;6-10,13-14H,11-12,15H2,1-5H3;7-8H,4-6H2,1-3H3;5H,2-4H2,1H3/b11-10+;;;/t20-,21+;;7-,8+;/m1.1./s1. The zero-order valence-electron chi connectivity index (χ0n) is 47.4. The van der Waals surface area contributed by atoms with Crippen molar-refractivity contribution in [2.24, 2.45) is 0 Å². The van der Waals surface area contributed by atoms with Crippen LogP contribution >= 0.6 is 22.6 Å². The quantitative estimate of drug-likeness (QED) is 0.0534. The van der Waals surface area contributed by atoms with Crippen LogP contribution in [0.25, 0.3) is 6.08 Å². The molecule has 3 saturated heterocycles. The van der Waals surface area contributed by atoms with Gasteiger partial charge in [-0.05, 0) is 104 Å². The molecule has 0 bridgehead atoms. The molecule has 3 aromatic rings. The fourth-order valence-corrected chi connectivity index (χ4v) is 12.7. The number of halogens is 1. The first kappa shape index (κ1) is 64.1. The summed E-state index contributed by atoms with van der Waals surface area (Å²) in [7, 11) is -2.43. The molecule has 3 aromatic carbocycles. The van der Waals surface area contributed by atoms with Crippen LogP contribution in [0.5, 0.6) is 0 Å². The summed E-state index contributed by atoms with van der Waals surface area (Å²) in [6.45, 7) is 38.2. The average Bonchev–Trinajstić information content (AvgIpc) is 3.97. The van der Waals surface area contributed by atoms with Gasteiger partial charge in [0.1, 0.15) is 0 Å². The predicted molar refractivity (Wildman–Crippen MR) is 314 cm³/mol. The Morgan fingerprint density at radius 3 is 1.71 bits per heavy atom. The molecule has 6 rings (SSSR count). The van der Waals surface area contributed by atoms with E-state index < -0.39 is 21.9 Å². The molecule has 0 spiro atoms. The van der Waals surface area contributed by atoms with Gasteiger partial charge in [-0.3, -0.25) is 0 Å². The van der Waals surface area contributed by atoms with Gasteiger partial charge in [-0.25, -0.2) is 4.79 Å². The van der Waals surface area contributed by atoms with Crippen molar-refractivity contribution < 1.29 is 42.7 Å². The number of hydrogen-bond donors (Lipinski definition) is 0. The maximum atomic E-state index is 12.8. The Hall–Kier alpha value is -2.18. The first-order valence-corrected chi connectivity index (χ1v) is 37.5. The van der Waals surface area contributed by atoms with E-state index in [9.17, 15) is 9.59 Å². The van der Waals surface area contributed by atoms with E-state index in [1.54, 1.807) is 0 Å². The third kappa shape index (κ3) is 23.8. The summed E-state index contributed by atoms with van der Waals surface area (Å²) in [6, 6.07) is 20.8. The van der Waals surface area contributed by atoms with E-state index in [0.717, 1.165) is 87.5 Å². The van der Waals surface area contributed by atoms with Crippen molar-refractivity contribution in [1.82, 2.24) is 0 Å². The van der Waals surface area contributed by atoms with Gasteiger partial charge in [0.2, 0.25) is 0 Å². The van der Waals surface area contributed by atoms with E-state index in [1.807, 2.05) is 72.7 Å². The number of carbonyl (C=O) groups is 2. The van der Waals surface area contributed by atoms with E-state index in [4.69, 9.17) is 33.2 Å². The SMILES string of the molecule is CC1CCCO1.CC[C@H]1OC(C)(C)O[C@H]1C/C=C/c1cc(C)cc(C)c1C(=O)OCC[Si](C)(C)C.CC[C@H]1OC(C)(C)O[C@H]1CCI.Cc1cc(C)c(C(=O)OCC[Si](C)(C)C)c(C[Se]c2ccccc2)c1. The zero-order chi connectivity index (χ0) is 53.9. The van der Waals surface area contributed by atoms with Gasteiger partial charge in [0.05, 0.1) is 42.7 Å². The Kier molecular flexibility index (Phi) is 27.2. The van der Waals surface area contributed by atoms with E-state index in [-0.39, 0.29) is 29.9 Å². The molecular weight excluding hydrogens is 1110 g/mol. The van der Waals surface area contributed by atoms with Gasteiger partial charge < -0.3 is 28.4 Å². The second-order valence-corrected chi connectivity index (χ2v) is 37.4. The van der Waals surface area contributed by atoms with Crippen molar-refractivity contribution in [3.63, 3.8) is 0 Å². The Morgan fingerprint density at radius 1 is 0.722 bits per heavy atom. The number of hydrogen-bond acceptors (Lipinski definition) is 9. The van der Waals surface area contributed by atoms with Crippen molar-refractivity contribution in [3.8, 4) is 0 Å². The molecule has 3 aliphatic rings. The summed E-state index contributed by atoms with van der Waals surface area (Å²) in [4.78, 5) is 25.5. The number of alkyl halides is 1. The molecular formula is C59H93IO9SeSi2. The predicted octanol–water partition coefficient (Wildman–Crippen LogP) is 14.4. The fraction of sp³-hybridized carbons (Fsp3) is 0.627. The van der Waals surface area contributed by atoms with Gasteiger partial charge in [-0.2, -0.15) is 0 Å². The van der Waals surface area contributed by atoms with Crippen molar-refractivity contribution >= 4 is 76.2 Å². The molecule has 404 valence electrons.